The average molecular weight is 479 g/mol. The van der Waals surface area contributed by atoms with E-state index in [-0.39, 0.29) is 24.6 Å². The Labute approximate surface area is 199 Å². The molecule has 2 aliphatic heterocycles. The summed E-state index contributed by atoms with van der Waals surface area (Å²) in [6, 6.07) is 18.5. The fraction of sp³-hybridized carbons (Fsp3) is 0.192. The van der Waals surface area contributed by atoms with Gasteiger partial charge in [-0.15, -0.1) is 0 Å². The average Bonchev–Trinajstić information content (AvgIpc) is 3.13. The van der Waals surface area contributed by atoms with Crippen molar-refractivity contribution in [3.63, 3.8) is 0 Å². The van der Waals surface area contributed by atoms with Gasteiger partial charge in [-0.05, 0) is 42.5 Å². The van der Waals surface area contributed by atoms with E-state index in [4.69, 9.17) is 0 Å². The van der Waals surface area contributed by atoms with E-state index in [1.165, 1.54) is 23.1 Å². The number of piperazine rings is 1. The van der Waals surface area contributed by atoms with Gasteiger partial charge in [0.1, 0.15) is 0 Å². The maximum Gasteiger partial charge on any atom is 0.417 e. The van der Waals surface area contributed by atoms with Crippen molar-refractivity contribution in [3.05, 3.63) is 95.1 Å². The predicted octanol–water partition coefficient (Wildman–Crippen LogP) is 4.47. The number of carbonyl (C=O) groups excluding carboxylic acids is 3. The number of hydrogen-bond donors (Lipinski definition) is 0. The fourth-order valence-corrected chi connectivity index (χ4v) is 4.49. The third-order valence-corrected chi connectivity index (χ3v) is 6.28. The molecule has 6 nitrogen and oxygen atoms in total. The van der Waals surface area contributed by atoms with Gasteiger partial charge in [-0.25, -0.2) is 4.90 Å². The third-order valence-electron chi connectivity index (χ3n) is 6.28. The second kappa shape index (κ2) is 8.57. The number of fused-ring (bicyclic) bond motifs is 1. The first-order valence-electron chi connectivity index (χ1n) is 11.0. The van der Waals surface area contributed by atoms with Crippen LogP contribution in [0.25, 0.3) is 0 Å². The zero-order valence-corrected chi connectivity index (χ0v) is 18.5. The van der Waals surface area contributed by atoms with Crippen molar-refractivity contribution in [2.24, 2.45) is 0 Å². The first-order valence-corrected chi connectivity index (χ1v) is 11.0. The van der Waals surface area contributed by atoms with Gasteiger partial charge in [0.25, 0.3) is 17.7 Å². The number of amides is 3. The van der Waals surface area contributed by atoms with Crippen molar-refractivity contribution in [3.8, 4) is 0 Å². The highest BCUT2D eigenvalue weighted by Gasteiger charge is 2.38. The minimum atomic E-state index is -4.61. The number of alkyl halides is 3. The minimum Gasteiger partial charge on any atom is -0.368 e. The highest BCUT2D eigenvalue weighted by Crippen LogP contribution is 2.33. The van der Waals surface area contributed by atoms with Gasteiger partial charge in [0.15, 0.2) is 0 Å². The van der Waals surface area contributed by atoms with Crippen LogP contribution >= 0.6 is 0 Å². The van der Waals surface area contributed by atoms with Crippen LogP contribution in [0.15, 0.2) is 72.8 Å². The summed E-state index contributed by atoms with van der Waals surface area (Å²) >= 11 is 0. The van der Waals surface area contributed by atoms with E-state index < -0.39 is 23.6 Å². The van der Waals surface area contributed by atoms with E-state index in [1.807, 2.05) is 4.90 Å². The normalized spacial score (nSPS) is 16.0. The number of para-hydroxylation sites is 1. The highest BCUT2D eigenvalue weighted by atomic mass is 19.4. The van der Waals surface area contributed by atoms with Crippen LogP contribution < -0.4 is 9.80 Å². The Balaban J connectivity index is 1.31. The summed E-state index contributed by atoms with van der Waals surface area (Å²) in [5, 5.41) is 0. The van der Waals surface area contributed by atoms with E-state index in [9.17, 15) is 27.6 Å². The summed E-state index contributed by atoms with van der Waals surface area (Å²) in [6.45, 7) is 1.21. The molecular formula is C26H20F3N3O3. The molecule has 0 saturated carbocycles. The second-order valence-electron chi connectivity index (χ2n) is 8.33. The van der Waals surface area contributed by atoms with E-state index in [2.05, 4.69) is 0 Å². The molecule has 2 aliphatic rings. The molecular weight excluding hydrogens is 459 g/mol. The molecule has 3 aromatic rings. The van der Waals surface area contributed by atoms with Gasteiger partial charge in [-0.1, -0.05) is 30.3 Å². The number of nitrogens with zero attached hydrogens (tertiary/aromatic N) is 3. The van der Waals surface area contributed by atoms with Crippen molar-refractivity contribution in [2.75, 3.05) is 36.0 Å². The smallest absolute Gasteiger partial charge is 0.368 e. The van der Waals surface area contributed by atoms with Crippen LogP contribution in [0.2, 0.25) is 0 Å². The van der Waals surface area contributed by atoms with E-state index >= 15 is 0 Å². The maximum atomic E-state index is 13.3. The van der Waals surface area contributed by atoms with Crippen LogP contribution in [0.1, 0.15) is 36.6 Å². The molecule has 35 heavy (non-hydrogen) atoms. The molecule has 0 spiro atoms. The Morgan fingerprint density at radius 3 is 2.03 bits per heavy atom. The summed E-state index contributed by atoms with van der Waals surface area (Å²) in [6.07, 6.45) is -4.61. The molecule has 0 radical (unpaired) electrons. The zero-order chi connectivity index (χ0) is 24.7. The monoisotopic (exact) mass is 479 g/mol. The molecule has 0 unspecified atom stereocenters. The summed E-state index contributed by atoms with van der Waals surface area (Å²) in [4.78, 5) is 43.1. The van der Waals surface area contributed by atoms with Gasteiger partial charge >= 0.3 is 6.18 Å². The Bertz CT molecular complexity index is 1320. The molecule has 0 aliphatic carbocycles. The SMILES string of the molecule is O=C(c1ccccc1C(F)(F)F)N1CCN(c2ccc3c(c2)C(=O)N(c2ccccc2)C3=O)CC1. The molecule has 1 saturated heterocycles. The Hall–Kier alpha value is -4.14. The number of anilines is 2. The first-order chi connectivity index (χ1) is 16.8. The number of benzene rings is 3. The maximum absolute atomic E-state index is 13.3. The molecule has 5 rings (SSSR count). The third kappa shape index (κ3) is 4.03. The van der Waals surface area contributed by atoms with E-state index in [0.717, 1.165) is 11.0 Å². The Morgan fingerprint density at radius 1 is 0.714 bits per heavy atom. The number of imide groups is 1. The van der Waals surface area contributed by atoms with Gasteiger partial charge in [0.2, 0.25) is 0 Å². The molecule has 1 fully saturated rings. The van der Waals surface area contributed by atoms with Crippen molar-refractivity contribution >= 4 is 29.1 Å². The summed E-state index contributed by atoms with van der Waals surface area (Å²) in [5.41, 5.74) is 0.511. The van der Waals surface area contributed by atoms with Crippen LogP contribution in [-0.4, -0.2) is 48.8 Å². The van der Waals surface area contributed by atoms with Gasteiger partial charge in [0, 0.05) is 31.9 Å². The Kier molecular flexibility index (Phi) is 5.55. The van der Waals surface area contributed by atoms with E-state index in [1.54, 1.807) is 48.5 Å². The lowest BCUT2D eigenvalue weighted by atomic mass is 10.0. The second-order valence-corrected chi connectivity index (χ2v) is 8.33. The quantitative estimate of drug-likeness (QED) is 0.521. The summed E-state index contributed by atoms with van der Waals surface area (Å²) in [5.74, 6) is -1.46. The topological polar surface area (TPSA) is 60.9 Å². The summed E-state index contributed by atoms with van der Waals surface area (Å²) < 4.78 is 40.0. The van der Waals surface area contributed by atoms with Gasteiger partial charge < -0.3 is 9.80 Å². The van der Waals surface area contributed by atoms with Gasteiger partial charge in [-0.3, -0.25) is 14.4 Å². The Morgan fingerprint density at radius 2 is 1.34 bits per heavy atom. The van der Waals surface area contributed by atoms with Crippen LogP contribution in [0.4, 0.5) is 24.5 Å². The summed E-state index contributed by atoms with van der Waals surface area (Å²) in [7, 11) is 0. The fourth-order valence-electron chi connectivity index (χ4n) is 4.49. The number of rotatable bonds is 3. The number of hydrogen-bond acceptors (Lipinski definition) is 4. The van der Waals surface area contributed by atoms with Crippen molar-refractivity contribution in [2.45, 2.75) is 6.18 Å². The first kappa shape index (κ1) is 22.6. The molecule has 2 heterocycles. The van der Waals surface area contributed by atoms with Gasteiger partial charge in [0.05, 0.1) is 27.9 Å². The van der Waals surface area contributed by atoms with Crippen LogP contribution in [0.3, 0.4) is 0 Å². The molecule has 0 atom stereocenters. The van der Waals surface area contributed by atoms with Gasteiger partial charge in [-0.2, -0.15) is 13.2 Å². The minimum absolute atomic E-state index is 0.227. The molecule has 0 aromatic heterocycles. The lowest BCUT2D eigenvalue weighted by molar-refractivity contribution is -0.138. The van der Waals surface area contributed by atoms with Crippen LogP contribution in [0.5, 0.6) is 0 Å². The number of carbonyl (C=O) groups is 3. The van der Waals surface area contributed by atoms with Crippen LogP contribution in [0, 0.1) is 0 Å². The highest BCUT2D eigenvalue weighted by molar-refractivity contribution is 6.34. The van der Waals surface area contributed by atoms with E-state index in [0.29, 0.717) is 35.6 Å². The molecule has 0 bridgehead atoms. The van der Waals surface area contributed by atoms with Crippen molar-refractivity contribution < 1.29 is 27.6 Å². The predicted molar refractivity (Wildman–Crippen MR) is 124 cm³/mol. The van der Waals surface area contributed by atoms with Crippen molar-refractivity contribution in [1.82, 2.24) is 4.90 Å². The molecule has 9 heteroatoms. The lowest BCUT2D eigenvalue weighted by Gasteiger charge is -2.36. The van der Waals surface area contributed by atoms with Crippen LogP contribution in [-0.2, 0) is 6.18 Å². The zero-order valence-electron chi connectivity index (χ0n) is 18.5. The molecule has 3 amide bonds. The molecule has 0 N–H and O–H groups in total. The lowest BCUT2D eigenvalue weighted by Crippen LogP contribution is -2.49. The largest absolute Gasteiger partial charge is 0.417 e. The molecule has 178 valence electrons. The number of halogens is 3. The molecule has 3 aromatic carbocycles. The standard InChI is InChI=1S/C26H20F3N3O3/c27-26(28,29)22-9-5-4-8-20(22)23(33)31-14-12-30(13-15-31)18-10-11-19-21(16-18)25(35)32(24(19)34)17-6-2-1-3-7-17/h1-11,16H,12-15H2. The van der Waals surface area contributed by atoms with Crippen molar-refractivity contribution in [1.29, 1.82) is 0 Å².